The summed E-state index contributed by atoms with van der Waals surface area (Å²) < 4.78 is 11.2. The molecular weight excluding hydrogens is 280 g/mol. The molecule has 1 aliphatic rings. The van der Waals surface area contributed by atoms with Gasteiger partial charge in [-0.1, -0.05) is 12.1 Å². The van der Waals surface area contributed by atoms with E-state index in [1.807, 2.05) is 31.2 Å². The van der Waals surface area contributed by atoms with E-state index in [2.05, 4.69) is 6.07 Å². The molecule has 0 aliphatic carbocycles. The van der Waals surface area contributed by atoms with Gasteiger partial charge in [-0.15, -0.1) is 0 Å². The average molecular weight is 300 g/mol. The molecule has 116 valence electrons. The third kappa shape index (κ3) is 3.40. The van der Waals surface area contributed by atoms with Gasteiger partial charge in [-0.25, -0.2) is 0 Å². The van der Waals surface area contributed by atoms with Gasteiger partial charge in [-0.05, 0) is 26.0 Å². The zero-order chi connectivity index (χ0) is 16.1. The molecule has 1 aromatic rings. The van der Waals surface area contributed by atoms with Crippen LogP contribution in [0.25, 0.3) is 6.08 Å². The van der Waals surface area contributed by atoms with Crippen LogP contribution in [0, 0.1) is 17.2 Å². The number of amides is 1. The second-order valence-corrected chi connectivity index (χ2v) is 5.28. The molecule has 0 saturated carbocycles. The Hall–Kier alpha value is -2.48. The largest absolute Gasteiger partial charge is 0.490 e. The van der Waals surface area contributed by atoms with Crippen molar-refractivity contribution in [2.24, 2.45) is 5.92 Å². The third-order valence-electron chi connectivity index (χ3n) is 3.40. The smallest absolute Gasteiger partial charge is 0.253 e. The van der Waals surface area contributed by atoms with E-state index in [-0.39, 0.29) is 18.4 Å². The molecule has 1 atom stereocenters. The summed E-state index contributed by atoms with van der Waals surface area (Å²) in [6.45, 7) is 4.88. The number of benzene rings is 1. The molecule has 1 heterocycles. The topological polar surface area (TPSA) is 62.6 Å². The van der Waals surface area contributed by atoms with Gasteiger partial charge in [0.2, 0.25) is 0 Å². The van der Waals surface area contributed by atoms with Crippen LogP contribution in [0.2, 0.25) is 0 Å². The number of hydrogen-bond donors (Lipinski definition) is 0. The summed E-state index contributed by atoms with van der Waals surface area (Å²) in [4.78, 5) is 14.0. The van der Waals surface area contributed by atoms with Crippen molar-refractivity contribution in [1.82, 2.24) is 4.90 Å². The second kappa shape index (κ2) is 6.99. The van der Waals surface area contributed by atoms with Crippen LogP contribution in [-0.2, 0) is 4.79 Å². The first-order chi connectivity index (χ1) is 10.6. The molecule has 1 amide bonds. The van der Waals surface area contributed by atoms with Crippen molar-refractivity contribution in [1.29, 1.82) is 5.26 Å². The lowest BCUT2D eigenvalue weighted by Crippen LogP contribution is -2.33. The first-order valence-corrected chi connectivity index (χ1v) is 7.31. The zero-order valence-electron chi connectivity index (χ0n) is 13.1. The molecule has 0 radical (unpaired) electrons. The van der Waals surface area contributed by atoms with Gasteiger partial charge in [0.15, 0.2) is 11.5 Å². The molecule has 0 fully saturated rings. The fourth-order valence-corrected chi connectivity index (χ4v) is 2.35. The molecule has 0 spiro atoms. The summed E-state index contributed by atoms with van der Waals surface area (Å²) >= 11 is 0. The van der Waals surface area contributed by atoms with Crippen LogP contribution < -0.4 is 9.47 Å². The van der Waals surface area contributed by atoms with Crippen molar-refractivity contribution in [2.45, 2.75) is 13.8 Å². The standard InChI is InChI=1S/C17H20N2O3/c1-4-21-15-7-5-6-13-8-14(11-22-16(13)15)17(20)19(3)10-12(2)9-18/h5-8,12H,4,10-11H2,1-3H3. The maximum Gasteiger partial charge on any atom is 0.253 e. The molecule has 0 saturated heterocycles. The number of carbonyl (C=O) groups excluding carboxylic acids is 1. The van der Waals surface area contributed by atoms with Crippen molar-refractivity contribution >= 4 is 12.0 Å². The predicted molar refractivity (Wildman–Crippen MR) is 83.5 cm³/mol. The van der Waals surface area contributed by atoms with E-state index in [0.717, 1.165) is 5.56 Å². The van der Waals surface area contributed by atoms with Crippen molar-refractivity contribution in [3.05, 3.63) is 29.3 Å². The van der Waals surface area contributed by atoms with Crippen LogP contribution in [0.15, 0.2) is 23.8 Å². The van der Waals surface area contributed by atoms with Crippen LogP contribution in [0.3, 0.4) is 0 Å². The molecule has 0 aromatic heterocycles. The predicted octanol–water partition coefficient (Wildman–Crippen LogP) is 2.48. The van der Waals surface area contributed by atoms with E-state index >= 15 is 0 Å². The highest BCUT2D eigenvalue weighted by atomic mass is 16.5. The SMILES string of the molecule is CCOc1cccc2c1OCC(C(=O)N(C)CC(C)C#N)=C2. The minimum Gasteiger partial charge on any atom is -0.490 e. The maximum atomic E-state index is 12.4. The second-order valence-electron chi connectivity index (χ2n) is 5.28. The first kappa shape index (κ1) is 15.9. The Bertz CT molecular complexity index is 631. The third-order valence-corrected chi connectivity index (χ3v) is 3.40. The summed E-state index contributed by atoms with van der Waals surface area (Å²) in [5.41, 5.74) is 1.41. The monoisotopic (exact) mass is 300 g/mol. The van der Waals surface area contributed by atoms with E-state index in [4.69, 9.17) is 14.7 Å². The van der Waals surface area contributed by atoms with Gasteiger partial charge in [-0.3, -0.25) is 4.79 Å². The summed E-state index contributed by atoms with van der Waals surface area (Å²) in [6, 6.07) is 7.75. The van der Waals surface area contributed by atoms with Crippen LogP contribution in [-0.4, -0.2) is 37.6 Å². The Balaban J connectivity index is 2.20. The van der Waals surface area contributed by atoms with Crippen molar-refractivity contribution < 1.29 is 14.3 Å². The Kier molecular flexibility index (Phi) is 5.05. The fraction of sp³-hybridized carbons (Fsp3) is 0.412. The number of rotatable bonds is 5. The van der Waals surface area contributed by atoms with Gasteiger partial charge < -0.3 is 14.4 Å². The van der Waals surface area contributed by atoms with Crippen LogP contribution >= 0.6 is 0 Å². The lowest BCUT2D eigenvalue weighted by atomic mass is 10.1. The van der Waals surface area contributed by atoms with Crippen LogP contribution in [0.4, 0.5) is 0 Å². The number of nitrogens with zero attached hydrogens (tertiary/aromatic N) is 2. The van der Waals surface area contributed by atoms with Gasteiger partial charge in [0, 0.05) is 19.2 Å². The highest BCUT2D eigenvalue weighted by molar-refractivity contribution is 5.99. The first-order valence-electron chi connectivity index (χ1n) is 7.31. The molecule has 1 aromatic carbocycles. The summed E-state index contributed by atoms with van der Waals surface area (Å²) in [7, 11) is 1.70. The zero-order valence-corrected chi connectivity index (χ0v) is 13.1. The van der Waals surface area contributed by atoms with Gasteiger partial charge in [0.1, 0.15) is 6.61 Å². The van der Waals surface area contributed by atoms with Crippen LogP contribution in [0.1, 0.15) is 19.4 Å². The normalized spacial score (nSPS) is 14.0. The molecule has 5 nitrogen and oxygen atoms in total. The Labute approximate surface area is 130 Å². The molecule has 5 heteroatoms. The number of likely N-dealkylation sites (N-methyl/N-ethyl adjacent to an activating group) is 1. The highest BCUT2D eigenvalue weighted by Gasteiger charge is 2.23. The van der Waals surface area contributed by atoms with Crippen LogP contribution in [0.5, 0.6) is 11.5 Å². The molecule has 22 heavy (non-hydrogen) atoms. The molecule has 1 aliphatic heterocycles. The van der Waals surface area contributed by atoms with E-state index in [0.29, 0.717) is 30.2 Å². The maximum absolute atomic E-state index is 12.4. The number of para-hydroxylation sites is 1. The number of nitriles is 1. The minimum absolute atomic E-state index is 0.116. The van der Waals surface area contributed by atoms with Gasteiger partial charge in [0.25, 0.3) is 5.91 Å². The Morgan fingerprint density at radius 2 is 2.32 bits per heavy atom. The number of carbonyl (C=O) groups is 1. The van der Waals surface area contributed by atoms with E-state index in [1.165, 1.54) is 0 Å². The quantitative estimate of drug-likeness (QED) is 0.838. The molecule has 0 N–H and O–H groups in total. The molecule has 1 unspecified atom stereocenters. The Morgan fingerprint density at radius 3 is 3.00 bits per heavy atom. The highest BCUT2D eigenvalue weighted by Crippen LogP contribution is 2.36. The minimum atomic E-state index is -0.198. The van der Waals surface area contributed by atoms with E-state index in [9.17, 15) is 4.79 Å². The van der Waals surface area contributed by atoms with E-state index < -0.39 is 0 Å². The molecular formula is C17H20N2O3. The lowest BCUT2D eigenvalue weighted by molar-refractivity contribution is -0.126. The molecule has 2 rings (SSSR count). The Morgan fingerprint density at radius 1 is 1.55 bits per heavy atom. The summed E-state index contributed by atoms with van der Waals surface area (Å²) in [5.74, 6) is 1.05. The van der Waals surface area contributed by atoms with Crippen molar-refractivity contribution in [3.8, 4) is 17.6 Å². The summed E-state index contributed by atoms with van der Waals surface area (Å²) in [5, 5.41) is 8.85. The van der Waals surface area contributed by atoms with Gasteiger partial charge in [-0.2, -0.15) is 5.26 Å². The number of ether oxygens (including phenoxy) is 2. The fourth-order valence-electron chi connectivity index (χ4n) is 2.35. The molecule has 0 bridgehead atoms. The van der Waals surface area contributed by atoms with Crippen molar-refractivity contribution in [2.75, 3.05) is 26.8 Å². The average Bonchev–Trinajstić information content (AvgIpc) is 2.54. The number of hydrogen-bond acceptors (Lipinski definition) is 4. The van der Waals surface area contributed by atoms with E-state index in [1.54, 1.807) is 18.9 Å². The van der Waals surface area contributed by atoms with Gasteiger partial charge >= 0.3 is 0 Å². The summed E-state index contributed by atoms with van der Waals surface area (Å²) in [6.07, 6.45) is 1.83. The van der Waals surface area contributed by atoms with Crippen molar-refractivity contribution in [3.63, 3.8) is 0 Å². The van der Waals surface area contributed by atoms with Gasteiger partial charge in [0.05, 0.1) is 24.2 Å². The number of fused-ring (bicyclic) bond motifs is 1. The lowest BCUT2D eigenvalue weighted by Gasteiger charge is -2.24.